The van der Waals surface area contributed by atoms with Gasteiger partial charge in [-0.15, -0.1) is 0 Å². The maximum atomic E-state index is 8.41. The van der Waals surface area contributed by atoms with Gasteiger partial charge in [0.25, 0.3) is 0 Å². The summed E-state index contributed by atoms with van der Waals surface area (Å²) in [6.45, 7) is 4.92. The van der Waals surface area contributed by atoms with Gasteiger partial charge in [0.2, 0.25) is 0 Å². The van der Waals surface area contributed by atoms with Crippen LogP contribution in [-0.2, 0) is 13.9 Å². The standard InChI is InChI=1S/C5H12B2O5/c1-5(2)3-10-7(11-4-5)12-6(8)9/h8-9H,3-4H2,1-2H3. The van der Waals surface area contributed by atoms with Crippen molar-refractivity contribution in [2.45, 2.75) is 13.8 Å². The van der Waals surface area contributed by atoms with Crippen molar-refractivity contribution in [1.29, 1.82) is 0 Å². The summed E-state index contributed by atoms with van der Waals surface area (Å²) in [5.41, 5.74) is -0.0414. The fraction of sp³-hybridized carbons (Fsp3) is 1.00. The summed E-state index contributed by atoms with van der Waals surface area (Å²) in [5, 5.41) is 16.8. The molecule has 5 nitrogen and oxygen atoms in total. The zero-order valence-electron chi connectivity index (χ0n) is 7.19. The van der Waals surface area contributed by atoms with Gasteiger partial charge in [-0.25, -0.2) is 0 Å². The maximum Gasteiger partial charge on any atom is 0.627 e. The van der Waals surface area contributed by atoms with E-state index in [1.165, 1.54) is 0 Å². The Morgan fingerprint density at radius 3 is 2.25 bits per heavy atom. The summed E-state index contributed by atoms with van der Waals surface area (Å²) in [5.74, 6) is 0. The van der Waals surface area contributed by atoms with E-state index in [9.17, 15) is 0 Å². The van der Waals surface area contributed by atoms with E-state index in [1.807, 2.05) is 13.8 Å². The normalized spacial score (nSPS) is 22.5. The van der Waals surface area contributed by atoms with Crippen LogP contribution < -0.4 is 0 Å². The van der Waals surface area contributed by atoms with E-state index < -0.39 is 14.6 Å². The van der Waals surface area contributed by atoms with Gasteiger partial charge in [0.15, 0.2) is 0 Å². The molecule has 0 amide bonds. The molecule has 1 aliphatic heterocycles. The van der Waals surface area contributed by atoms with Crippen LogP contribution in [-0.4, -0.2) is 37.9 Å². The molecule has 68 valence electrons. The van der Waals surface area contributed by atoms with E-state index in [2.05, 4.69) is 4.57 Å². The van der Waals surface area contributed by atoms with Crippen molar-refractivity contribution in [2.75, 3.05) is 13.2 Å². The van der Waals surface area contributed by atoms with Crippen LogP contribution in [0.25, 0.3) is 0 Å². The van der Waals surface area contributed by atoms with Crippen molar-refractivity contribution in [3.63, 3.8) is 0 Å². The summed E-state index contributed by atoms with van der Waals surface area (Å²) in [7, 11) is -2.81. The lowest BCUT2D eigenvalue weighted by molar-refractivity contribution is -0.00595. The van der Waals surface area contributed by atoms with Gasteiger partial charge in [-0.1, -0.05) is 13.8 Å². The van der Waals surface area contributed by atoms with Crippen LogP contribution in [0.2, 0.25) is 0 Å². The van der Waals surface area contributed by atoms with E-state index >= 15 is 0 Å². The summed E-state index contributed by atoms with van der Waals surface area (Å²) in [6, 6.07) is 0. The Hall–Kier alpha value is -0.0701. The lowest BCUT2D eigenvalue weighted by Crippen LogP contribution is -2.45. The highest BCUT2D eigenvalue weighted by Crippen LogP contribution is 2.21. The summed E-state index contributed by atoms with van der Waals surface area (Å²) < 4.78 is 14.5. The molecule has 1 heterocycles. The fourth-order valence-corrected chi connectivity index (χ4v) is 0.855. The van der Waals surface area contributed by atoms with Crippen LogP contribution in [0.3, 0.4) is 0 Å². The minimum atomic E-state index is -1.85. The van der Waals surface area contributed by atoms with E-state index in [4.69, 9.17) is 19.4 Å². The first-order chi connectivity index (χ1) is 5.49. The second-order valence-electron chi connectivity index (χ2n) is 3.54. The second-order valence-corrected chi connectivity index (χ2v) is 3.54. The van der Waals surface area contributed by atoms with Crippen molar-refractivity contribution < 1.29 is 23.9 Å². The Morgan fingerprint density at radius 1 is 1.33 bits per heavy atom. The third kappa shape index (κ3) is 3.12. The van der Waals surface area contributed by atoms with E-state index in [0.717, 1.165) is 0 Å². The smallest absolute Gasteiger partial charge is 0.402 e. The molecule has 1 rings (SSSR count). The van der Waals surface area contributed by atoms with Crippen LogP contribution in [0.1, 0.15) is 13.8 Å². The van der Waals surface area contributed by atoms with Gasteiger partial charge in [0.1, 0.15) is 0 Å². The SMILES string of the molecule is CC1(C)COB(OB(O)O)OC1. The number of hydrogen-bond donors (Lipinski definition) is 2. The van der Waals surface area contributed by atoms with Gasteiger partial charge in [-0.05, 0) is 0 Å². The third-order valence-corrected chi connectivity index (χ3v) is 1.45. The van der Waals surface area contributed by atoms with Crippen LogP contribution in [0.5, 0.6) is 0 Å². The Balaban J connectivity index is 2.27. The Morgan fingerprint density at radius 2 is 1.83 bits per heavy atom. The minimum Gasteiger partial charge on any atom is -0.402 e. The van der Waals surface area contributed by atoms with E-state index in [-0.39, 0.29) is 5.41 Å². The molecule has 0 radical (unpaired) electrons. The fourth-order valence-electron chi connectivity index (χ4n) is 0.855. The molecule has 0 aromatic heterocycles. The molecule has 0 aromatic carbocycles. The van der Waals surface area contributed by atoms with Gasteiger partial charge in [0.05, 0.1) is 0 Å². The third-order valence-electron chi connectivity index (χ3n) is 1.45. The first-order valence-corrected chi connectivity index (χ1v) is 3.74. The van der Waals surface area contributed by atoms with E-state index in [0.29, 0.717) is 13.2 Å². The van der Waals surface area contributed by atoms with Crippen molar-refractivity contribution in [1.82, 2.24) is 0 Å². The van der Waals surface area contributed by atoms with Crippen molar-refractivity contribution in [3.05, 3.63) is 0 Å². The molecule has 2 N–H and O–H groups in total. The molecule has 0 atom stereocenters. The quantitative estimate of drug-likeness (QED) is 0.527. The monoisotopic (exact) mass is 174 g/mol. The molecule has 1 fully saturated rings. The van der Waals surface area contributed by atoms with Gasteiger partial charge in [-0.3, -0.25) is 0 Å². The van der Waals surface area contributed by atoms with E-state index in [1.54, 1.807) is 0 Å². The molecule has 7 heteroatoms. The molecule has 0 aliphatic carbocycles. The van der Waals surface area contributed by atoms with Crippen LogP contribution >= 0.6 is 0 Å². The van der Waals surface area contributed by atoms with Crippen molar-refractivity contribution in [2.24, 2.45) is 5.41 Å². The molecular formula is C5H12B2O5. The van der Waals surface area contributed by atoms with Crippen LogP contribution in [0.15, 0.2) is 0 Å². The number of rotatable bonds is 2. The maximum absolute atomic E-state index is 8.41. The lowest BCUT2D eigenvalue weighted by atomic mass is 9.92. The average molecular weight is 174 g/mol. The molecular weight excluding hydrogens is 162 g/mol. The molecule has 0 saturated carbocycles. The minimum absolute atomic E-state index is 0.0414. The molecule has 1 aliphatic rings. The predicted molar refractivity (Wildman–Crippen MR) is 42.7 cm³/mol. The summed E-state index contributed by atoms with van der Waals surface area (Å²) in [4.78, 5) is 0. The molecule has 1 saturated heterocycles. The Labute approximate surface area is 72.0 Å². The Kier molecular flexibility index (Phi) is 3.14. The lowest BCUT2D eigenvalue weighted by Gasteiger charge is -2.32. The second kappa shape index (κ2) is 3.76. The Bertz CT molecular complexity index is 141. The zero-order chi connectivity index (χ0) is 9.19. The topological polar surface area (TPSA) is 68.2 Å². The highest BCUT2D eigenvalue weighted by molar-refractivity contribution is 6.50. The predicted octanol–water partition coefficient (Wildman–Crippen LogP) is -0.970. The largest absolute Gasteiger partial charge is 0.627 e. The molecule has 12 heavy (non-hydrogen) atoms. The van der Waals surface area contributed by atoms with Crippen molar-refractivity contribution in [3.8, 4) is 0 Å². The average Bonchev–Trinajstić information content (AvgIpc) is 1.93. The molecule has 0 aromatic rings. The molecule has 0 bridgehead atoms. The summed E-state index contributed by atoms with van der Waals surface area (Å²) in [6.07, 6.45) is 0. The highest BCUT2D eigenvalue weighted by atomic mass is 16.8. The summed E-state index contributed by atoms with van der Waals surface area (Å²) >= 11 is 0. The van der Waals surface area contributed by atoms with Gasteiger partial charge < -0.3 is 23.9 Å². The van der Waals surface area contributed by atoms with Crippen LogP contribution in [0.4, 0.5) is 0 Å². The molecule has 0 spiro atoms. The first-order valence-electron chi connectivity index (χ1n) is 3.74. The van der Waals surface area contributed by atoms with Crippen LogP contribution in [0, 0.1) is 5.41 Å². The van der Waals surface area contributed by atoms with Gasteiger partial charge in [-0.2, -0.15) is 0 Å². The highest BCUT2D eigenvalue weighted by Gasteiger charge is 2.36. The molecule has 0 unspecified atom stereocenters. The first kappa shape index (κ1) is 10.0. The number of hydrogen-bond acceptors (Lipinski definition) is 5. The van der Waals surface area contributed by atoms with Gasteiger partial charge in [0, 0.05) is 18.6 Å². The van der Waals surface area contributed by atoms with Gasteiger partial charge >= 0.3 is 14.6 Å². The van der Waals surface area contributed by atoms with Crippen molar-refractivity contribution >= 4 is 14.6 Å². The zero-order valence-corrected chi connectivity index (χ0v) is 7.19.